The van der Waals surface area contributed by atoms with Gasteiger partial charge in [-0.25, -0.2) is 14.5 Å². The molecule has 2 atom stereocenters. The van der Waals surface area contributed by atoms with E-state index in [-0.39, 0.29) is 18.9 Å². The summed E-state index contributed by atoms with van der Waals surface area (Å²) >= 11 is 0. The molecule has 1 saturated heterocycles. The molecule has 13 heteroatoms. The van der Waals surface area contributed by atoms with E-state index in [1.54, 1.807) is 47.4 Å². The van der Waals surface area contributed by atoms with E-state index in [0.717, 1.165) is 35.3 Å². The highest BCUT2D eigenvalue weighted by atomic mass is 16.5. The van der Waals surface area contributed by atoms with Crippen LogP contribution in [-0.4, -0.2) is 70.6 Å². The average Bonchev–Trinajstić information content (AvgIpc) is 3.32. The Kier molecular flexibility index (Phi) is 12.3. The maximum absolute atomic E-state index is 14.6. The first-order chi connectivity index (χ1) is 25.4. The lowest BCUT2D eigenvalue weighted by atomic mass is 9.80. The van der Waals surface area contributed by atoms with E-state index < -0.39 is 53.9 Å². The van der Waals surface area contributed by atoms with Crippen molar-refractivity contribution in [3.05, 3.63) is 83.4 Å². The van der Waals surface area contributed by atoms with Gasteiger partial charge >= 0.3 is 18.0 Å². The van der Waals surface area contributed by atoms with Crippen LogP contribution in [0, 0.1) is 12.8 Å². The molecule has 1 spiro atoms. The number of carbonyl (C=O) groups excluding carboxylic acids is 4. The Labute approximate surface area is 310 Å². The Hall–Kier alpha value is -5.59. The van der Waals surface area contributed by atoms with E-state index in [2.05, 4.69) is 16.0 Å². The number of carboxylic acid groups (broad SMARTS) is 1. The molecule has 6 amide bonds. The number of hydrogen-bond donors (Lipinski definition) is 4. The number of ether oxygens (including phenoxy) is 2. The highest BCUT2D eigenvalue weighted by molar-refractivity contribution is 6.10. The highest BCUT2D eigenvalue weighted by Crippen LogP contribution is 2.43. The zero-order valence-corrected chi connectivity index (χ0v) is 30.9. The quantitative estimate of drug-likeness (QED) is 0.131. The number of aryl methyl sites for hydroxylation is 1. The molecule has 13 nitrogen and oxygen atoms in total. The predicted octanol–water partition coefficient (Wildman–Crippen LogP) is 6.87. The van der Waals surface area contributed by atoms with E-state index in [1.807, 2.05) is 45.0 Å². The van der Waals surface area contributed by atoms with Crippen LogP contribution >= 0.6 is 0 Å². The van der Waals surface area contributed by atoms with Gasteiger partial charge in [-0.15, -0.1) is 0 Å². The third-order valence-corrected chi connectivity index (χ3v) is 10.0. The summed E-state index contributed by atoms with van der Waals surface area (Å²) in [6.07, 6.45) is 3.08. The van der Waals surface area contributed by atoms with E-state index >= 15 is 0 Å². The maximum Gasteiger partial charge on any atom is 0.328 e. The normalized spacial score (nSPS) is 16.3. The largest absolute Gasteiger partial charge is 0.497 e. The molecule has 1 heterocycles. The van der Waals surface area contributed by atoms with Gasteiger partial charge in [0.15, 0.2) is 0 Å². The number of aliphatic carboxylic acids is 1. The van der Waals surface area contributed by atoms with Gasteiger partial charge in [0.05, 0.1) is 26.7 Å². The molecule has 2 aliphatic rings. The van der Waals surface area contributed by atoms with Crippen LogP contribution in [-0.2, 0) is 20.9 Å². The molecular weight excluding hydrogens is 678 g/mol. The number of anilines is 2. The van der Waals surface area contributed by atoms with Gasteiger partial charge in [0.1, 0.15) is 23.1 Å². The number of rotatable bonds is 14. The van der Waals surface area contributed by atoms with Crippen molar-refractivity contribution in [1.29, 1.82) is 0 Å². The highest BCUT2D eigenvalue weighted by Gasteiger charge is 2.59. The lowest BCUT2D eigenvalue weighted by Crippen LogP contribution is -2.53. The fourth-order valence-corrected chi connectivity index (χ4v) is 7.29. The summed E-state index contributed by atoms with van der Waals surface area (Å²) in [7, 11) is 2.93. The monoisotopic (exact) mass is 727 g/mol. The molecule has 53 heavy (non-hydrogen) atoms. The Morgan fingerprint density at radius 3 is 2.23 bits per heavy atom. The minimum absolute atomic E-state index is 0.0841. The summed E-state index contributed by atoms with van der Waals surface area (Å²) < 4.78 is 10.8. The summed E-state index contributed by atoms with van der Waals surface area (Å²) in [5.41, 5.74) is 2.23. The van der Waals surface area contributed by atoms with E-state index in [1.165, 1.54) is 14.2 Å². The Bertz CT molecular complexity index is 1820. The zero-order valence-electron chi connectivity index (χ0n) is 30.9. The van der Waals surface area contributed by atoms with Crippen molar-refractivity contribution in [2.45, 2.75) is 89.9 Å². The molecule has 3 aromatic rings. The van der Waals surface area contributed by atoms with Crippen LogP contribution in [0.5, 0.6) is 11.5 Å². The van der Waals surface area contributed by atoms with E-state index in [0.29, 0.717) is 41.3 Å². The number of para-hydroxylation sites is 1. The molecular formula is C40H49N5O8. The van der Waals surface area contributed by atoms with Gasteiger partial charge in [0, 0.05) is 29.5 Å². The summed E-state index contributed by atoms with van der Waals surface area (Å²) in [6, 6.07) is 16.3. The van der Waals surface area contributed by atoms with Crippen molar-refractivity contribution in [3.63, 3.8) is 0 Å². The van der Waals surface area contributed by atoms with Gasteiger partial charge in [-0.2, -0.15) is 0 Å². The molecule has 0 bridgehead atoms. The number of carboxylic acids is 1. The smallest absolute Gasteiger partial charge is 0.328 e. The lowest BCUT2D eigenvalue weighted by molar-refractivity contribution is -0.142. The minimum atomic E-state index is -1.18. The summed E-state index contributed by atoms with van der Waals surface area (Å²) in [6.45, 7) is 5.83. The Morgan fingerprint density at radius 2 is 1.60 bits per heavy atom. The van der Waals surface area contributed by atoms with Gasteiger partial charge in [-0.3, -0.25) is 14.4 Å². The number of hydrogen-bond acceptors (Lipinski definition) is 7. The zero-order chi connectivity index (χ0) is 38.3. The maximum atomic E-state index is 14.6. The van der Waals surface area contributed by atoms with Crippen LogP contribution in [0.3, 0.4) is 0 Å². The number of nitrogens with one attached hydrogen (secondary N) is 3. The standard InChI is InChI=1S/C40H49N5O8/c1-25(2)21-33(36(48)42-32(23-35(46)47)30-18-17-29(52-4)22-34(30)53-5)45-37(49)40(19-9-6-10-20-40)44(39(45)51)24-27-13-15-28(16-14-27)41-38(50)43-31-12-8-7-11-26(31)3/h7-8,11-18,22,25,32-33H,6,9-10,19-21,23-24H2,1-5H3,(H,42,48)(H,46,47)(H2,41,43,50). The molecule has 1 aliphatic heterocycles. The molecule has 0 aromatic heterocycles. The molecule has 2 unspecified atom stereocenters. The van der Waals surface area contributed by atoms with Crippen molar-refractivity contribution in [3.8, 4) is 11.5 Å². The average molecular weight is 728 g/mol. The number of methoxy groups -OCH3 is 2. The number of amides is 6. The molecule has 3 aromatic carbocycles. The van der Waals surface area contributed by atoms with Crippen molar-refractivity contribution in [1.82, 2.24) is 15.1 Å². The van der Waals surface area contributed by atoms with Crippen LogP contribution in [0.25, 0.3) is 0 Å². The van der Waals surface area contributed by atoms with Gasteiger partial charge in [0.2, 0.25) is 5.91 Å². The third kappa shape index (κ3) is 8.73. The second kappa shape index (κ2) is 16.8. The molecule has 0 radical (unpaired) electrons. The summed E-state index contributed by atoms with van der Waals surface area (Å²) in [5.74, 6) is -1.46. The van der Waals surface area contributed by atoms with Gasteiger partial charge in [-0.1, -0.05) is 63.4 Å². The molecule has 282 valence electrons. The third-order valence-electron chi connectivity index (χ3n) is 10.0. The molecule has 1 saturated carbocycles. The minimum Gasteiger partial charge on any atom is -0.497 e. The van der Waals surface area contributed by atoms with Crippen molar-refractivity contribution in [2.75, 3.05) is 24.9 Å². The number of benzene rings is 3. The van der Waals surface area contributed by atoms with Gasteiger partial charge < -0.3 is 35.4 Å². The van der Waals surface area contributed by atoms with Crippen molar-refractivity contribution < 1.29 is 38.6 Å². The first-order valence-electron chi connectivity index (χ1n) is 18.0. The van der Waals surface area contributed by atoms with E-state index in [4.69, 9.17) is 9.47 Å². The number of carbonyl (C=O) groups is 5. The van der Waals surface area contributed by atoms with Crippen LogP contribution in [0.1, 0.15) is 81.5 Å². The predicted molar refractivity (Wildman–Crippen MR) is 200 cm³/mol. The van der Waals surface area contributed by atoms with E-state index in [9.17, 15) is 29.1 Å². The number of urea groups is 2. The molecule has 2 fully saturated rings. The summed E-state index contributed by atoms with van der Waals surface area (Å²) in [4.78, 5) is 70.7. The second-order valence-electron chi connectivity index (χ2n) is 14.1. The Morgan fingerprint density at radius 1 is 0.906 bits per heavy atom. The first kappa shape index (κ1) is 38.6. The Balaban J connectivity index is 1.39. The lowest BCUT2D eigenvalue weighted by Gasteiger charge is -2.38. The topological polar surface area (TPSA) is 167 Å². The fraction of sp³-hybridized carbons (Fsp3) is 0.425. The van der Waals surface area contributed by atoms with Gasteiger partial charge in [0.25, 0.3) is 5.91 Å². The fourth-order valence-electron chi connectivity index (χ4n) is 7.29. The van der Waals surface area contributed by atoms with Crippen LogP contribution in [0.2, 0.25) is 0 Å². The first-order valence-corrected chi connectivity index (χ1v) is 18.0. The number of imide groups is 1. The van der Waals surface area contributed by atoms with Crippen LogP contribution < -0.4 is 25.4 Å². The SMILES string of the molecule is COc1ccc(C(CC(=O)O)NC(=O)C(CC(C)C)N2C(=O)N(Cc3ccc(NC(=O)Nc4ccccc4C)cc3)C3(CCCCC3)C2=O)c(OC)c1. The molecule has 5 rings (SSSR count). The molecule has 4 N–H and O–H groups in total. The molecule has 1 aliphatic carbocycles. The van der Waals surface area contributed by atoms with Crippen LogP contribution in [0.4, 0.5) is 21.0 Å². The van der Waals surface area contributed by atoms with Crippen molar-refractivity contribution in [2.24, 2.45) is 5.92 Å². The second-order valence-corrected chi connectivity index (χ2v) is 14.1. The van der Waals surface area contributed by atoms with Crippen molar-refractivity contribution >= 4 is 41.2 Å². The van der Waals surface area contributed by atoms with Gasteiger partial charge in [-0.05, 0) is 73.6 Å². The number of nitrogens with zero attached hydrogens (tertiary/aromatic N) is 2. The van der Waals surface area contributed by atoms with Crippen LogP contribution in [0.15, 0.2) is 66.7 Å². The summed E-state index contributed by atoms with van der Waals surface area (Å²) in [5, 5.41) is 18.3.